The number of pyridine rings is 1. The highest BCUT2D eigenvalue weighted by atomic mass is 16.5. The zero-order valence-electron chi connectivity index (χ0n) is 12.4. The molecule has 1 saturated heterocycles. The summed E-state index contributed by atoms with van der Waals surface area (Å²) in [4.78, 5) is 28.4. The van der Waals surface area contributed by atoms with Gasteiger partial charge < -0.3 is 20.1 Å². The molecule has 1 aliphatic rings. The van der Waals surface area contributed by atoms with Gasteiger partial charge in [0.1, 0.15) is 6.17 Å². The molecule has 1 aliphatic heterocycles. The summed E-state index contributed by atoms with van der Waals surface area (Å²) in [6.45, 7) is 0. The molecule has 0 saturated carbocycles. The summed E-state index contributed by atoms with van der Waals surface area (Å²) in [7, 11) is 1.49. The molecule has 0 spiro atoms. The molecule has 0 radical (unpaired) electrons. The Bertz CT molecular complexity index is 702. The number of methoxy groups -OCH3 is 1. The van der Waals surface area contributed by atoms with Crippen LogP contribution < -0.4 is 20.1 Å². The molecule has 7 heteroatoms. The molecule has 118 valence electrons. The molecule has 1 fully saturated rings. The average molecular weight is 313 g/mol. The third kappa shape index (κ3) is 3.08. The standard InChI is InChI=1S/C16H15N3O4/c1-22-11-6-2-3-7-12(11)23-13-15(20)18-14(19-16(13)21)10-5-4-8-17-9-10/h2-9,13-14H,1H3,(H,18,20)(H,19,21). The molecule has 2 aromatic rings. The van der Waals surface area contributed by atoms with Crippen LogP contribution in [-0.2, 0) is 9.59 Å². The van der Waals surface area contributed by atoms with Gasteiger partial charge in [-0.25, -0.2) is 0 Å². The second-order valence-corrected chi connectivity index (χ2v) is 4.89. The second kappa shape index (κ2) is 6.35. The van der Waals surface area contributed by atoms with Gasteiger partial charge in [0, 0.05) is 18.0 Å². The highest BCUT2D eigenvalue weighted by molar-refractivity contribution is 6.05. The van der Waals surface area contributed by atoms with Gasteiger partial charge in [0.05, 0.1) is 7.11 Å². The Hall–Kier alpha value is -3.09. The largest absolute Gasteiger partial charge is 0.493 e. The van der Waals surface area contributed by atoms with E-state index in [-0.39, 0.29) is 0 Å². The van der Waals surface area contributed by atoms with Crippen molar-refractivity contribution in [2.45, 2.75) is 12.3 Å². The van der Waals surface area contributed by atoms with Gasteiger partial charge in [-0.1, -0.05) is 18.2 Å². The molecular weight excluding hydrogens is 298 g/mol. The Labute approximate surface area is 132 Å². The molecule has 7 nitrogen and oxygen atoms in total. The fourth-order valence-corrected chi connectivity index (χ4v) is 2.25. The number of ether oxygens (including phenoxy) is 2. The topological polar surface area (TPSA) is 89.6 Å². The van der Waals surface area contributed by atoms with Crippen molar-refractivity contribution in [1.29, 1.82) is 0 Å². The Morgan fingerprint density at radius 1 is 1.00 bits per heavy atom. The number of aromatic nitrogens is 1. The van der Waals surface area contributed by atoms with Crippen molar-refractivity contribution in [3.8, 4) is 11.5 Å². The van der Waals surface area contributed by atoms with E-state index in [2.05, 4.69) is 15.6 Å². The minimum Gasteiger partial charge on any atom is -0.493 e. The van der Waals surface area contributed by atoms with E-state index in [9.17, 15) is 9.59 Å². The molecule has 1 aromatic carbocycles. The van der Waals surface area contributed by atoms with E-state index >= 15 is 0 Å². The van der Waals surface area contributed by atoms with Crippen molar-refractivity contribution >= 4 is 11.8 Å². The first-order valence-corrected chi connectivity index (χ1v) is 6.99. The predicted octanol–water partition coefficient (Wildman–Crippen LogP) is 0.782. The van der Waals surface area contributed by atoms with Gasteiger partial charge >= 0.3 is 0 Å². The molecule has 0 bridgehead atoms. The summed E-state index contributed by atoms with van der Waals surface area (Å²) in [6, 6.07) is 10.3. The van der Waals surface area contributed by atoms with Crippen molar-refractivity contribution in [2.75, 3.05) is 7.11 Å². The fourth-order valence-electron chi connectivity index (χ4n) is 2.25. The van der Waals surface area contributed by atoms with E-state index < -0.39 is 24.1 Å². The van der Waals surface area contributed by atoms with Gasteiger partial charge in [0.2, 0.25) is 0 Å². The number of carbonyl (C=O) groups is 2. The predicted molar refractivity (Wildman–Crippen MR) is 80.7 cm³/mol. The van der Waals surface area contributed by atoms with Crippen LogP contribution in [0.5, 0.6) is 11.5 Å². The molecule has 2 amide bonds. The zero-order chi connectivity index (χ0) is 16.2. The van der Waals surface area contributed by atoms with Gasteiger partial charge in [-0.2, -0.15) is 0 Å². The zero-order valence-corrected chi connectivity index (χ0v) is 12.4. The SMILES string of the molecule is COc1ccccc1OC1C(=O)NC(c2cccnc2)NC1=O. The highest BCUT2D eigenvalue weighted by Crippen LogP contribution is 2.27. The van der Waals surface area contributed by atoms with Crippen LogP contribution in [0.1, 0.15) is 11.7 Å². The number of benzene rings is 1. The fraction of sp³-hybridized carbons (Fsp3) is 0.188. The van der Waals surface area contributed by atoms with Gasteiger partial charge in [0.25, 0.3) is 17.9 Å². The van der Waals surface area contributed by atoms with Gasteiger partial charge in [0.15, 0.2) is 11.5 Å². The van der Waals surface area contributed by atoms with Crippen molar-refractivity contribution in [3.63, 3.8) is 0 Å². The highest BCUT2D eigenvalue weighted by Gasteiger charge is 2.37. The average Bonchev–Trinajstić information content (AvgIpc) is 2.59. The molecule has 2 N–H and O–H groups in total. The van der Waals surface area contributed by atoms with E-state index in [0.717, 1.165) is 0 Å². The third-order valence-corrected chi connectivity index (χ3v) is 3.38. The minimum atomic E-state index is -1.28. The van der Waals surface area contributed by atoms with Crippen LogP contribution in [0.25, 0.3) is 0 Å². The lowest BCUT2D eigenvalue weighted by Gasteiger charge is -2.30. The van der Waals surface area contributed by atoms with Crippen LogP contribution in [0.4, 0.5) is 0 Å². The first-order valence-electron chi connectivity index (χ1n) is 6.99. The molecule has 0 unspecified atom stereocenters. The molecule has 23 heavy (non-hydrogen) atoms. The normalized spacial score (nSPS) is 20.4. The summed E-state index contributed by atoms with van der Waals surface area (Å²) in [5.74, 6) is -0.269. The van der Waals surface area contributed by atoms with E-state index in [1.54, 1.807) is 48.8 Å². The Kier molecular flexibility index (Phi) is 4.09. The lowest BCUT2D eigenvalue weighted by Crippen LogP contribution is -2.59. The molecule has 2 heterocycles. The summed E-state index contributed by atoms with van der Waals surface area (Å²) in [5, 5.41) is 5.39. The third-order valence-electron chi connectivity index (χ3n) is 3.38. The number of hydrogen-bond acceptors (Lipinski definition) is 5. The van der Waals surface area contributed by atoms with Crippen molar-refractivity contribution < 1.29 is 19.1 Å². The van der Waals surface area contributed by atoms with Crippen LogP contribution in [0, 0.1) is 0 Å². The molecule has 1 aromatic heterocycles. The van der Waals surface area contributed by atoms with E-state index in [1.807, 2.05) is 0 Å². The van der Waals surface area contributed by atoms with Crippen LogP contribution in [0.3, 0.4) is 0 Å². The van der Waals surface area contributed by atoms with E-state index in [0.29, 0.717) is 17.1 Å². The Morgan fingerprint density at radius 2 is 1.70 bits per heavy atom. The lowest BCUT2D eigenvalue weighted by atomic mass is 10.1. The Morgan fingerprint density at radius 3 is 2.30 bits per heavy atom. The van der Waals surface area contributed by atoms with E-state index in [4.69, 9.17) is 9.47 Å². The maximum atomic E-state index is 12.2. The van der Waals surface area contributed by atoms with Crippen LogP contribution in [0.15, 0.2) is 48.8 Å². The first kappa shape index (κ1) is 14.8. The van der Waals surface area contributed by atoms with Crippen molar-refractivity contribution in [3.05, 3.63) is 54.4 Å². The summed E-state index contributed by atoms with van der Waals surface area (Å²) in [5.41, 5.74) is 0.685. The molecule has 0 atom stereocenters. The smallest absolute Gasteiger partial charge is 0.272 e. The maximum absolute atomic E-state index is 12.2. The van der Waals surface area contributed by atoms with Crippen LogP contribution in [0.2, 0.25) is 0 Å². The second-order valence-electron chi connectivity index (χ2n) is 4.89. The first-order chi connectivity index (χ1) is 11.2. The summed E-state index contributed by atoms with van der Waals surface area (Å²) < 4.78 is 10.7. The van der Waals surface area contributed by atoms with E-state index in [1.165, 1.54) is 7.11 Å². The quantitative estimate of drug-likeness (QED) is 0.814. The Balaban J connectivity index is 1.76. The van der Waals surface area contributed by atoms with Crippen LogP contribution >= 0.6 is 0 Å². The number of amides is 2. The minimum absolute atomic E-state index is 0.324. The number of para-hydroxylation sites is 2. The maximum Gasteiger partial charge on any atom is 0.272 e. The van der Waals surface area contributed by atoms with Crippen molar-refractivity contribution in [1.82, 2.24) is 15.6 Å². The molecule has 3 rings (SSSR count). The summed E-state index contributed by atoms with van der Waals surface area (Å²) in [6.07, 6.45) is 1.29. The van der Waals surface area contributed by atoms with Gasteiger partial charge in [-0.15, -0.1) is 0 Å². The van der Waals surface area contributed by atoms with Crippen molar-refractivity contribution in [2.24, 2.45) is 0 Å². The molecule has 0 aliphatic carbocycles. The number of carbonyl (C=O) groups excluding carboxylic acids is 2. The number of nitrogens with zero attached hydrogens (tertiary/aromatic N) is 1. The van der Waals surface area contributed by atoms with Crippen LogP contribution in [-0.4, -0.2) is 30.0 Å². The number of nitrogens with one attached hydrogen (secondary N) is 2. The number of hydrogen-bond donors (Lipinski definition) is 2. The van der Waals surface area contributed by atoms with Gasteiger partial charge in [-0.3, -0.25) is 14.6 Å². The molecular formula is C16H15N3O4. The number of rotatable bonds is 4. The lowest BCUT2D eigenvalue weighted by molar-refractivity contribution is -0.144. The van der Waals surface area contributed by atoms with Gasteiger partial charge in [-0.05, 0) is 18.2 Å². The monoisotopic (exact) mass is 313 g/mol. The summed E-state index contributed by atoms with van der Waals surface area (Å²) >= 11 is 0.